The summed E-state index contributed by atoms with van der Waals surface area (Å²) >= 11 is 0. The average molecular weight is 412 g/mol. The van der Waals surface area contributed by atoms with E-state index < -0.39 is 10.0 Å². The number of methoxy groups -OCH3 is 1. The zero-order valence-electron chi connectivity index (χ0n) is 16.4. The summed E-state index contributed by atoms with van der Waals surface area (Å²) in [5, 5.41) is 2.88. The van der Waals surface area contributed by atoms with Crippen molar-refractivity contribution in [2.45, 2.75) is 24.2 Å². The number of amides is 1. The molecule has 0 aromatic heterocycles. The lowest BCUT2D eigenvalue weighted by atomic mass is 10.2. The standard InChI is InChI=1S/C19H29N3O5S/c1-26-18-6-5-16(28(24,25)22-11-13-27-14-12-22)15-17(18)19(23)20-7-4-10-21-8-2-3-9-21/h5-6,15H,2-4,7-14H2,1H3,(H,20,23). The van der Waals surface area contributed by atoms with E-state index in [0.717, 1.165) is 26.1 Å². The van der Waals surface area contributed by atoms with Crippen molar-refractivity contribution in [2.24, 2.45) is 0 Å². The molecule has 156 valence electrons. The van der Waals surface area contributed by atoms with Gasteiger partial charge in [-0.2, -0.15) is 4.31 Å². The number of hydrogen-bond donors (Lipinski definition) is 1. The van der Waals surface area contributed by atoms with Crippen molar-refractivity contribution < 1.29 is 22.7 Å². The minimum atomic E-state index is -3.67. The zero-order valence-corrected chi connectivity index (χ0v) is 17.2. The number of nitrogens with one attached hydrogen (secondary N) is 1. The summed E-state index contributed by atoms with van der Waals surface area (Å²) < 4.78 is 37.6. The summed E-state index contributed by atoms with van der Waals surface area (Å²) in [5.74, 6) is 0.0373. The Morgan fingerprint density at radius 1 is 1.18 bits per heavy atom. The van der Waals surface area contributed by atoms with E-state index in [1.807, 2.05) is 0 Å². The van der Waals surface area contributed by atoms with Crippen LogP contribution in [-0.4, -0.2) is 83.1 Å². The highest BCUT2D eigenvalue weighted by atomic mass is 32.2. The Morgan fingerprint density at radius 2 is 1.89 bits per heavy atom. The zero-order chi connectivity index (χ0) is 20.0. The van der Waals surface area contributed by atoms with Gasteiger partial charge >= 0.3 is 0 Å². The fourth-order valence-corrected chi connectivity index (χ4v) is 5.00. The average Bonchev–Trinajstić information content (AvgIpc) is 3.24. The van der Waals surface area contributed by atoms with Crippen LogP contribution in [0.4, 0.5) is 0 Å². The molecule has 2 aliphatic rings. The number of carbonyl (C=O) groups is 1. The van der Waals surface area contributed by atoms with Gasteiger partial charge in [-0.25, -0.2) is 8.42 Å². The summed E-state index contributed by atoms with van der Waals surface area (Å²) in [5.41, 5.74) is 0.234. The molecule has 0 aliphatic carbocycles. The second kappa shape index (κ2) is 9.69. The fraction of sp³-hybridized carbons (Fsp3) is 0.632. The monoisotopic (exact) mass is 411 g/mol. The van der Waals surface area contributed by atoms with E-state index in [9.17, 15) is 13.2 Å². The molecule has 0 atom stereocenters. The Labute approximate surface area is 166 Å². The van der Waals surface area contributed by atoms with Crippen molar-refractivity contribution in [3.8, 4) is 5.75 Å². The number of sulfonamides is 1. The maximum absolute atomic E-state index is 12.9. The van der Waals surface area contributed by atoms with E-state index in [1.165, 1.54) is 42.5 Å². The quantitative estimate of drug-likeness (QED) is 0.641. The molecular weight excluding hydrogens is 382 g/mol. The first-order valence-electron chi connectivity index (χ1n) is 9.79. The Bertz CT molecular complexity index is 772. The third kappa shape index (κ3) is 5.02. The molecule has 9 heteroatoms. The number of benzene rings is 1. The van der Waals surface area contributed by atoms with Gasteiger partial charge in [-0.3, -0.25) is 4.79 Å². The molecule has 1 amide bonds. The normalized spacial score (nSPS) is 18.9. The molecule has 0 spiro atoms. The Balaban J connectivity index is 1.66. The second-order valence-corrected chi connectivity index (χ2v) is 8.97. The molecule has 1 N–H and O–H groups in total. The molecule has 2 fully saturated rings. The highest BCUT2D eigenvalue weighted by Gasteiger charge is 2.28. The molecule has 0 saturated carbocycles. The van der Waals surface area contributed by atoms with Gasteiger partial charge < -0.3 is 19.7 Å². The van der Waals surface area contributed by atoms with Crippen LogP contribution in [0, 0.1) is 0 Å². The van der Waals surface area contributed by atoms with Crippen LogP contribution < -0.4 is 10.1 Å². The lowest BCUT2D eigenvalue weighted by Gasteiger charge is -2.26. The van der Waals surface area contributed by atoms with Gasteiger partial charge in [0.05, 0.1) is 30.8 Å². The second-order valence-electron chi connectivity index (χ2n) is 7.04. The van der Waals surface area contributed by atoms with E-state index >= 15 is 0 Å². The van der Waals surface area contributed by atoms with Crippen molar-refractivity contribution in [1.29, 1.82) is 0 Å². The van der Waals surface area contributed by atoms with Crippen LogP contribution in [0.5, 0.6) is 5.75 Å². The number of rotatable bonds is 8. The van der Waals surface area contributed by atoms with Crippen molar-refractivity contribution in [1.82, 2.24) is 14.5 Å². The van der Waals surface area contributed by atoms with Crippen LogP contribution in [0.25, 0.3) is 0 Å². The highest BCUT2D eigenvalue weighted by molar-refractivity contribution is 7.89. The Hall–Kier alpha value is -1.68. The molecule has 8 nitrogen and oxygen atoms in total. The third-order valence-electron chi connectivity index (χ3n) is 5.16. The number of morpholine rings is 1. The fourth-order valence-electron chi connectivity index (χ4n) is 3.57. The molecule has 0 unspecified atom stereocenters. The molecule has 1 aromatic rings. The van der Waals surface area contributed by atoms with E-state index in [-0.39, 0.29) is 16.4 Å². The van der Waals surface area contributed by atoms with Gasteiger partial charge in [0.15, 0.2) is 0 Å². The molecule has 28 heavy (non-hydrogen) atoms. The van der Waals surface area contributed by atoms with Gasteiger partial charge in [0, 0.05) is 19.6 Å². The molecule has 0 bridgehead atoms. The van der Waals surface area contributed by atoms with Crippen molar-refractivity contribution >= 4 is 15.9 Å². The van der Waals surface area contributed by atoms with Gasteiger partial charge in [-0.15, -0.1) is 0 Å². The van der Waals surface area contributed by atoms with Crippen molar-refractivity contribution in [3.05, 3.63) is 23.8 Å². The molecule has 1 aromatic carbocycles. The van der Waals surface area contributed by atoms with Crippen LogP contribution in [-0.2, 0) is 14.8 Å². The summed E-state index contributed by atoms with van der Waals surface area (Å²) in [6.07, 6.45) is 3.35. The molecule has 3 rings (SSSR count). The molecule has 2 aliphatic heterocycles. The summed E-state index contributed by atoms with van der Waals surface area (Å²) in [6, 6.07) is 4.42. The highest BCUT2D eigenvalue weighted by Crippen LogP contribution is 2.25. The summed E-state index contributed by atoms with van der Waals surface area (Å²) in [4.78, 5) is 15.1. The van der Waals surface area contributed by atoms with E-state index in [2.05, 4.69) is 10.2 Å². The topological polar surface area (TPSA) is 88.2 Å². The van der Waals surface area contributed by atoms with Crippen LogP contribution in [0.2, 0.25) is 0 Å². The lowest BCUT2D eigenvalue weighted by molar-refractivity contribution is 0.0730. The Kier molecular flexibility index (Phi) is 7.28. The molecule has 0 radical (unpaired) electrons. The van der Waals surface area contributed by atoms with E-state index in [4.69, 9.17) is 9.47 Å². The van der Waals surface area contributed by atoms with E-state index in [0.29, 0.717) is 38.6 Å². The molecule has 2 saturated heterocycles. The van der Waals surface area contributed by atoms with Crippen LogP contribution in [0.15, 0.2) is 23.1 Å². The van der Waals surface area contributed by atoms with Crippen LogP contribution >= 0.6 is 0 Å². The molecule has 2 heterocycles. The maximum Gasteiger partial charge on any atom is 0.255 e. The molecular formula is C19H29N3O5S. The number of ether oxygens (including phenoxy) is 2. The first-order valence-corrected chi connectivity index (χ1v) is 11.2. The largest absolute Gasteiger partial charge is 0.496 e. The smallest absolute Gasteiger partial charge is 0.255 e. The van der Waals surface area contributed by atoms with Gasteiger partial charge in [0.2, 0.25) is 10.0 Å². The SMILES string of the molecule is COc1ccc(S(=O)(=O)N2CCOCC2)cc1C(=O)NCCCN1CCCC1. The Morgan fingerprint density at radius 3 is 2.57 bits per heavy atom. The minimum absolute atomic E-state index is 0.0948. The third-order valence-corrected chi connectivity index (χ3v) is 7.05. The maximum atomic E-state index is 12.9. The predicted octanol–water partition coefficient (Wildman–Crippen LogP) is 0.932. The van der Waals surface area contributed by atoms with Crippen molar-refractivity contribution in [3.63, 3.8) is 0 Å². The van der Waals surface area contributed by atoms with Gasteiger partial charge in [-0.05, 0) is 57.1 Å². The van der Waals surface area contributed by atoms with E-state index in [1.54, 1.807) is 0 Å². The first kappa shape index (κ1) is 21.0. The number of nitrogens with zero attached hydrogens (tertiary/aromatic N) is 2. The number of likely N-dealkylation sites (tertiary alicyclic amines) is 1. The predicted molar refractivity (Wildman–Crippen MR) is 105 cm³/mol. The van der Waals surface area contributed by atoms with Gasteiger partial charge in [0.1, 0.15) is 5.75 Å². The van der Waals surface area contributed by atoms with Crippen LogP contribution in [0.1, 0.15) is 29.6 Å². The summed E-state index contributed by atoms with van der Waals surface area (Å²) in [7, 11) is -2.20. The number of carbonyl (C=O) groups excluding carboxylic acids is 1. The van der Waals surface area contributed by atoms with Gasteiger partial charge in [0.25, 0.3) is 5.91 Å². The van der Waals surface area contributed by atoms with Crippen LogP contribution in [0.3, 0.4) is 0 Å². The minimum Gasteiger partial charge on any atom is -0.496 e. The number of hydrogen-bond acceptors (Lipinski definition) is 6. The summed E-state index contributed by atoms with van der Waals surface area (Å²) in [6.45, 7) is 5.13. The van der Waals surface area contributed by atoms with Crippen molar-refractivity contribution in [2.75, 3.05) is 59.6 Å². The lowest BCUT2D eigenvalue weighted by Crippen LogP contribution is -2.40. The first-order chi connectivity index (χ1) is 13.5. The van der Waals surface area contributed by atoms with Gasteiger partial charge in [-0.1, -0.05) is 0 Å².